The Bertz CT molecular complexity index is 4030. The Labute approximate surface area is 690 Å². The molecule has 0 aromatic heterocycles. The minimum atomic E-state index is -5.71. The average molecular weight is 1740 g/mol. The van der Waals surface area contributed by atoms with Gasteiger partial charge in [0.1, 0.15) is 42.7 Å². The van der Waals surface area contributed by atoms with E-state index in [9.17, 15) is 73.3 Å². The fourth-order valence-electron chi connectivity index (χ4n) is 7.01. The first kappa shape index (κ1) is 141. The normalized spacial score (nSPS) is 20.6. The van der Waals surface area contributed by atoms with E-state index in [0.717, 1.165) is 35.5 Å². The second-order valence-corrected chi connectivity index (χ2v) is 24.2. The molecule has 6 N–H and O–H groups in total. The number of hydrogen-bond acceptors (Lipinski definition) is 27. The molecule has 0 aliphatic carbocycles. The highest BCUT2D eigenvalue weighted by Crippen LogP contribution is 2.36. The van der Waals surface area contributed by atoms with Gasteiger partial charge in [0.05, 0.1) is 37.8 Å². The Hall–Kier alpha value is -9.06. The highest BCUT2D eigenvalue weighted by molar-refractivity contribution is 7.85. The van der Waals surface area contributed by atoms with Crippen molar-refractivity contribution in [2.45, 2.75) is 199 Å². The fraction of sp³-hybridized carbons (Fsp3) is 0.526. The molecule has 3 saturated heterocycles. The number of ether oxygens (including phenoxy) is 10. The lowest BCUT2D eigenvalue weighted by atomic mass is 9.90. The van der Waals surface area contributed by atoms with E-state index in [1.54, 1.807) is 41.5 Å². The van der Waals surface area contributed by atoms with Gasteiger partial charge in [0, 0.05) is 41.5 Å². The predicted molar refractivity (Wildman–Crippen MR) is 441 cm³/mol. The van der Waals surface area contributed by atoms with E-state index in [-0.39, 0.29) is 29.7 Å². The number of hydrogen-bond donors (Lipinski definition) is 6. The van der Waals surface area contributed by atoms with Crippen LogP contribution in [0.25, 0.3) is 0 Å². The molecule has 0 spiro atoms. The summed E-state index contributed by atoms with van der Waals surface area (Å²) in [4.78, 5) is 0. The molecular weight excluding hydrogens is 1630 g/mol. The summed E-state index contributed by atoms with van der Waals surface area (Å²) in [6.07, 6.45) is 33.9. The lowest BCUT2D eigenvalue weighted by Gasteiger charge is -2.47. The van der Waals surface area contributed by atoms with Crippen molar-refractivity contribution < 1.29 is 146 Å². The van der Waals surface area contributed by atoms with Gasteiger partial charge >= 0.3 is 52.0 Å². The van der Waals surface area contributed by atoms with Gasteiger partial charge in [0.25, 0.3) is 10.1 Å². The van der Waals surface area contributed by atoms with E-state index >= 15 is 0 Å². The van der Waals surface area contributed by atoms with Gasteiger partial charge < -0.3 is 47.4 Å². The number of terminal acetylenes is 11. The topological polar surface area (TPSA) is 465 Å². The Balaban J connectivity index is -0.000000120. The zero-order valence-corrected chi connectivity index (χ0v) is 68.6. The summed E-state index contributed by atoms with van der Waals surface area (Å²) in [6.45, 7) is 18.0. The van der Waals surface area contributed by atoms with Crippen LogP contribution >= 0.6 is 0 Å². The van der Waals surface area contributed by atoms with Crippen LogP contribution in [0.3, 0.4) is 0 Å². The quantitative estimate of drug-likeness (QED) is 0.0516. The smallest absolute Gasteiger partial charge is 0.378 e. The third kappa shape index (κ3) is 85.7. The van der Waals surface area contributed by atoms with Crippen LogP contribution in [-0.2, 0) is 130 Å². The second kappa shape index (κ2) is 88.9. The van der Waals surface area contributed by atoms with Crippen LogP contribution in [0.2, 0.25) is 0 Å². The van der Waals surface area contributed by atoms with Crippen LogP contribution in [0, 0.1) is 226 Å². The first-order chi connectivity index (χ1) is 51.9. The maximum absolute atomic E-state index is 12.0. The molecule has 0 aromatic rings. The van der Waals surface area contributed by atoms with Gasteiger partial charge in [-0.25, -0.2) is 20.9 Å². The third-order valence-corrected chi connectivity index (χ3v) is 13.5. The van der Waals surface area contributed by atoms with Crippen molar-refractivity contribution in [3.05, 3.63) is 0 Å². The summed E-state index contributed by atoms with van der Waals surface area (Å²) in [6, 6.07) is 0. The SMILES string of the molecule is C.C.C.C.C#C.C#C.C#C.C#CC.C#CC.C#CC.C#CC#CC.C#CC#CC.C#CC#CC.C#CC#CC#C.CC#CC.CC#CC.CC#CC.CO[C@@H]1[C@@H](OS(=O)(=O)O)[C@@H](OC[C@H]2OC(OS(=O)(=O)O)[C@H](OS(=O)(=O)O)[C@@H](OS(=O)(=O)O)[C@@H]2OC)O[C@H](CO[C@H]2O[C@H](COS(=O)(=O)O)[C@@H](CS(=O)(=O)O)[C@H](OC)[C@H]2OC)[C@H]1OC. The second-order valence-electron chi connectivity index (χ2n) is 17.4. The molecule has 3 aliphatic rings. The van der Waals surface area contributed by atoms with Crippen LogP contribution in [0.1, 0.15) is 113 Å². The summed E-state index contributed by atoms with van der Waals surface area (Å²) >= 11 is 0. The molecule has 0 amide bonds. The van der Waals surface area contributed by atoms with Crippen molar-refractivity contribution in [3.63, 3.8) is 0 Å². The van der Waals surface area contributed by atoms with Gasteiger partial charge in [-0.3, -0.25) is 27.3 Å². The summed E-state index contributed by atoms with van der Waals surface area (Å²) < 4.78 is 275. The lowest BCUT2D eigenvalue weighted by Crippen LogP contribution is -2.64. The summed E-state index contributed by atoms with van der Waals surface area (Å²) in [5.74, 6) is 50.1. The zero-order valence-electron chi connectivity index (χ0n) is 63.7. The molecule has 648 valence electrons. The molecule has 33 nitrogen and oxygen atoms in total. The zero-order chi connectivity index (χ0) is 89.7. The Kier molecular flexibility index (Phi) is 109. The Morgan fingerprint density at radius 1 is 0.296 bits per heavy atom. The van der Waals surface area contributed by atoms with E-state index in [1.807, 2.05) is 41.5 Å². The van der Waals surface area contributed by atoms with Crippen molar-refractivity contribution in [3.8, 4) is 220 Å². The average Bonchev–Trinajstić information content (AvgIpc) is 0.776. The molecule has 3 rings (SSSR count). The number of rotatable bonds is 24. The van der Waals surface area contributed by atoms with Crippen molar-refractivity contribution in [1.29, 1.82) is 0 Å². The van der Waals surface area contributed by atoms with Crippen molar-refractivity contribution in [1.82, 2.24) is 0 Å². The Morgan fingerprint density at radius 3 is 0.765 bits per heavy atom. The van der Waals surface area contributed by atoms with E-state index in [0.29, 0.717) is 0 Å². The summed E-state index contributed by atoms with van der Waals surface area (Å²) in [7, 11) is -27.6. The van der Waals surface area contributed by atoms with Crippen LogP contribution < -0.4 is 0 Å². The molecule has 39 heteroatoms. The Morgan fingerprint density at radius 2 is 0.539 bits per heavy atom. The summed E-state index contributed by atoms with van der Waals surface area (Å²) in [5, 5.41) is 0. The third-order valence-electron chi connectivity index (χ3n) is 10.4. The van der Waals surface area contributed by atoms with Crippen molar-refractivity contribution in [2.24, 2.45) is 5.92 Å². The van der Waals surface area contributed by atoms with Gasteiger partial charge in [-0.05, 0) is 142 Å². The minimum Gasteiger partial charge on any atom is -0.378 e. The predicted octanol–water partition coefficient (Wildman–Crippen LogP) is 5.46. The lowest BCUT2D eigenvalue weighted by molar-refractivity contribution is -0.338. The molecule has 0 saturated carbocycles. The minimum absolute atomic E-state index is 0. The van der Waals surface area contributed by atoms with E-state index in [2.05, 4.69) is 205 Å². The van der Waals surface area contributed by atoms with Gasteiger partial charge in [0.15, 0.2) is 24.8 Å². The molecule has 115 heavy (non-hydrogen) atoms. The fourth-order valence-corrected chi connectivity index (χ4v) is 10.1. The van der Waals surface area contributed by atoms with Gasteiger partial charge in [-0.2, -0.15) is 50.5 Å². The molecule has 3 heterocycles. The van der Waals surface area contributed by atoms with Gasteiger partial charge in [-0.15, -0.1) is 143 Å². The molecule has 3 fully saturated rings. The molecule has 0 bridgehead atoms. The molecule has 1 unspecified atom stereocenters. The standard InChI is InChI=1S/C24H44O33S6.C6H2.3C5H4.3C4H6.3C3H4.3C2H2.4CH4/c1-43-14-10(9-58(25,26)27)11(8-50-59(28,29)30)51-22(19(14)47-5)48-6-12-15(44-2)17(46-4)20(55-61(34,35)36)23(52-12)49-7-13-16(45-3)18(54-60(31,32)33)21(56-62(37,38)39)24(53-13)57-63(40,41)42;1-3-5-6-4-2;3*1-3-5-4-2;3*1-3-4-2;3*1-3-2;3*1-2;;;;/h10-24H,6-9H2,1-5H3,(H,25,26,27)(H,28,29,30)(H,31,32,33)(H,34,35,36)(H,37,38,39)(H,40,41,42);1-2H;3*1H,2H3;3*1-2H3;3*1H,2H3;3*1-2H;4*1H4/t10-,11-,12-,13-,14+,15-,16-,17+,18+,19-,20-,21-,22+,23+,24?;;;;;;;;;;;;;;;;;/m1................./s1. The van der Waals surface area contributed by atoms with E-state index < -0.39 is 180 Å². The molecule has 3 aliphatic heterocycles. The maximum Gasteiger partial charge on any atom is 0.399 e. The maximum atomic E-state index is 12.0. The van der Waals surface area contributed by atoms with Crippen molar-refractivity contribution in [2.75, 3.05) is 61.1 Å². The van der Waals surface area contributed by atoms with Gasteiger partial charge in [0.2, 0.25) is 6.29 Å². The summed E-state index contributed by atoms with van der Waals surface area (Å²) in [5.41, 5.74) is 0. The first-order valence-corrected chi connectivity index (χ1v) is 37.5. The van der Waals surface area contributed by atoms with Crippen LogP contribution in [0.5, 0.6) is 0 Å². The first-order valence-electron chi connectivity index (χ1n) is 29.1. The van der Waals surface area contributed by atoms with Gasteiger partial charge in [-0.1, -0.05) is 47.5 Å². The highest BCUT2D eigenvalue weighted by Gasteiger charge is 2.56. The monoisotopic (exact) mass is 1740 g/mol. The molecular formula is C76H110O33S6. The van der Waals surface area contributed by atoms with Crippen LogP contribution in [0.15, 0.2) is 0 Å². The molecule has 0 radical (unpaired) electrons. The van der Waals surface area contributed by atoms with Crippen LogP contribution in [-0.4, -0.2) is 225 Å². The highest BCUT2D eigenvalue weighted by atomic mass is 32.3. The molecule has 15 atom stereocenters. The van der Waals surface area contributed by atoms with E-state index in [4.69, 9.17) is 88.2 Å². The van der Waals surface area contributed by atoms with Crippen LogP contribution in [0.4, 0.5) is 0 Å². The largest absolute Gasteiger partial charge is 0.399 e. The number of methoxy groups -OCH3 is 5. The van der Waals surface area contributed by atoms with Crippen molar-refractivity contribution >= 4 is 62.1 Å². The van der Waals surface area contributed by atoms with E-state index in [1.165, 1.54) is 0 Å². The molecule has 0 aromatic carbocycles.